The molecule has 2 aromatic heterocycles. The van der Waals surface area contributed by atoms with Gasteiger partial charge in [0.15, 0.2) is 0 Å². The van der Waals surface area contributed by atoms with Gasteiger partial charge in [-0.15, -0.1) is 0 Å². The van der Waals surface area contributed by atoms with Crippen LogP contribution in [0.1, 0.15) is 47.4 Å². The second kappa shape index (κ2) is 7.78. The van der Waals surface area contributed by atoms with E-state index in [1.54, 1.807) is 6.20 Å². The van der Waals surface area contributed by atoms with Crippen LogP contribution in [0.15, 0.2) is 55.1 Å². The fourth-order valence-corrected chi connectivity index (χ4v) is 3.89. The number of hydrogen-bond donors (Lipinski definition) is 0. The van der Waals surface area contributed by atoms with Gasteiger partial charge in [-0.3, -0.25) is 9.48 Å². The van der Waals surface area contributed by atoms with E-state index >= 15 is 0 Å². The second-order valence-electron chi connectivity index (χ2n) is 7.07. The highest BCUT2D eigenvalue weighted by atomic mass is 16.2. The Morgan fingerprint density at radius 3 is 2.96 bits per heavy atom. The molecule has 0 bridgehead atoms. The van der Waals surface area contributed by atoms with Gasteiger partial charge in [-0.1, -0.05) is 12.1 Å². The van der Waals surface area contributed by atoms with Crippen molar-refractivity contribution in [2.45, 2.75) is 38.8 Å². The van der Waals surface area contributed by atoms with Crippen molar-refractivity contribution in [3.05, 3.63) is 72.1 Å². The second-order valence-corrected chi connectivity index (χ2v) is 7.07. The van der Waals surface area contributed by atoms with Crippen LogP contribution in [-0.2, 0) is 13.1 Å². The lowest BCUT2D eigenvalue weighted by atomic mass is 9.96. The van der Waals surface area contributed by atoms with Gasteiger partial charge in [0.2, 0.25) is 0 Å². The predicted octanol–water partition coefficient (Wildman–Crippen LogP) is 3.17. The molecule has 1 amide bonds. The lowest BCUT2D eigenvalue weighted by Gasteiger charge is -2.32. The molecule has 1 atom stereocenters. The molecular formula is C21H25N5O. The van der Waals surface area contributed by atoms with Crippen LogP contribution in [0.2, 0.25) is 0 Å². The summed E-state index contributed by atoms with van der Waals surface area (Å²) in [6.07, 6.45) is 9.68. The van der Waals surface area contributed by atoms with E-state index in [0.29, 0.717) is 12.5 Å². The third kappa shape index (κ3) is 3.79. The zero-order valence-electron chi connectivity index (χ0n) is 15.7. The summed E-state index contributed by atoms with van der Waals surface area (Å²) in [4.78, 5) is 19.6. The van der Waals surface area contributed by atoms with Crippen LogP contribution in [0.5, 0.6) is 0 Å². The van der Waals surface area contributed by atoms with Crippen LogP contribution in [0.3, 0.4) is 0 Å². The third-order valence-electron chi connectivity index (χ3n) is 5.24. The molecule has 0 N–H and O–H groups in total. The number of imidazole rings is 1. The van der Waals surface area contributed by atoms with E-state index < -0.39 is 0 Å². The average Bonchev–Trinajstić information content (AvgIpc) is 3.39. The minimum atomic E-state index is 0.108. The van der Waals surface area contributed by atoms with Crippen LogP contribution >= 0.6 is 0 Å². The normalized spacial score (nSPS) is 17.2. The summed E-state index contributed by atoms with van der Waals surface area (Å²) in [6, 6.07) is 9.79. The Hall–Kier alpha value is -2.89. The highest BCUT2D eigenvalue weighted by Crippen LogP contribution is 2.27. The molecule has 0 spiro atoms. The smallest absolute Gasteiger partial charge is 0.253 e. The molecule has 6 heteroatoms. The summed E-state index contributed by atoms with van der Waals surface area (Å²) in [6.45, 7) is 5.26. The Morgan fingerprint density at radius 2 is 2.15 bits per heavy atom. The number of aromatic nitrogens is 4. The maximum atomic E-state index is 13.1. The molecule has 140 valence electrons. The Labute approximate surface area is 159 Å². The number of carbonyl (C=O) groups excluding carboxylic acids is 1. The summed E-state index contributed by atoms with van der Waals surface area (Å²) in [5.74, 6) is 1.52. The molecule has 3 heterocycles. The van der Waals surface area contributed by atoms with Gasteiger partial charge in [0, 0.05) is 55.9 Å². The Kier molecular flexibility index (Phi) is 5.05. The first-order chi connectivity index (χ1) is 13.2. The van der Waals surface area contributed by atoms with Gasteiger partial charge < -0.3 is 9.47 Å². The quantitative estimate of drug-likeness (QED) is 0.700. The molecule has 0 aliphatic carbocycles. The highest BCUT2D eigenvalue weighted by molar-refractivity contribution is 5.94. The molecule has 3 aromatic rings. The van der Waals surface area contributed by atoms with E-state index in [1.807, 2.05) is 58.5 Å². The van der Waals surface area contributed by atoms with E-state index in [0.717, 1.165) is 49.4 Å². The molecule has 6 nitrogen and oxygen atoms in total. The third-order valence-corrected chi connectivity index (χ3v) is 5.24. The van der Waals surface area contributed by atoms with Gasteiger partial charge in [0.05, 0.1) is 6.54 Å². The molecule has 27 heavy (non-hydrogen) atoms. The molecule has 1 aliphatic rings. The molecular weight excluding hydrogens is 338 g/mol. The number of amides is 1. The molecule has 4 rings (SSSR count). The molecule has 1 aliphatic heterocycles. The first-order valence-corrected chi connectivity index (χ1v) is 9.61. The molecule has 0 saturated carbocycles. The molecule has 1 aromatic carbocycles. The van der Waals surface area contributed by atoms with E-state index in [9.17, 15) is 4.79 Å². The highest BCUT2D eigenvalue weighted by Gasteiger charge is 2.27. The van der Waals surface area contributed by atoms with E-state index in [1.165, 1.54) is 0 Å². The number of likely N-dealkylation sites (tertiary alicyclic amines) is 1. The minimum Gasteiger partial charge on any atom is -0.338 e. The first kappa shape index (κ1) is 17.5. The molecule has 0 radical (unpaired) electrons. The lowest BCUT2D eigenvalue weighted by Crippen LogP contribution is -2.39. The van der Waals surface area contributed by atoms with Crippen LogP contribution in [0.4, 0.5) is 0 Å². The van der Waals surface area contributed by atoms with Gasteiger partial charge in [-0.25, -0.2) is 4.98 Å². The number of rotatable bonds is 5. The zero-order chi connectivity index (χ0) is 18.6. The summed E-state index contributed by atoms with van der Waals surface area (Å²) >= 11 is 0. The lowest BCUT2D eigenvalue weighted by molar-refractivity contribution is 0.0703. The number of piperidine rings is 1. The molecule has 1 fully saturated rings. The number of nitrogens with zero attached hydrogens (tertiary/aromatic N) is 5. The number of benzene rings is 1. The van der Waals surface area contributed by atoms with Crippen molar-refractivity contribution in [2.75, 3.05) is 13.1 Å². The Morgan fingerprint density at radius 1 is 1.22 bits per heavy atom. The summed E-state index contributed by atoms with van der Waals surface area (Å²) in [5.41, 5.74) is 1.83. The van der Waals surface area contributed by atoms with Crippen molar-refractivity contribution in [1.29, 1.82) is 0 Å². The van der Waals surface area contributed by atoms with Crippen molar-refractivity contribution < 1.29 is 4.79 Å². The largest absolute Gasteiger partial charge is 0.338 e. The van der Waals surface area contributed by atoms with E-state index in [4.69, 9.17) is 0 Å². The van der Waals surface area contributed by atoms with Crippen molar-refractivity contribution in [2.24, 2.45) is 0 Å². The van der Waals surface area contributed by atoms with Crippen molar-refractivity contribution >= 4 is 5.91 Å². The Bertz CT molecular complexity index is 899. The number of aryl methyl sites for hydroxylation is 1. The maximum absolute atomic E-state index is 13.1. The molecule has 0 unspecified atom stereocenters. The van der Waals surface area contributed by atoms with Crippen molar-refractivity contribution in [3.8, 4) is 0 Å². The van der Waals surface area contributed by atoms with Gasteiger partial charge in [-0.2, -0.15) is 5.10 Å². The topological polar surface area (TPSA) is 56.0 Å². The summed E-state index contributed by atoms with van der Waals surface area (Å²) < 4.78 is 4.05. The number of hydrogen-bond acceptors (Lipinski definition) is 3. The van der Waals surface area contributed by atoms with Crippen LogP contribution in [-0.4, -0.2) is 43.2 Å². The van der Waals surface area contributed by atoms with Gasteiger partial charge in [0.25, 0.3) is 5.91 Å². The van der Waals surface area contributed by atoms with Crippen molar-refractivity contribution in [1.82, 2.24) is 24.2 Å². The summed E-state index contributed by atoms with van der Waals surface area (Å²) in [5, 5.41) is 4.24. The van der Waals surface area contributed by atoms with Gasteiger partial charge in [-0.05, 0) is 43.5 Å². The van der Waals surface area contributed by atoms with Gasteiger partial charge >= 0.3 is 0 Å². The van der Waals surface area contributed by atoms with E-state index in [-0.39, 0.29) is 5.91 Å². The van der Waals surface area contributed by atoms with Crippen LogP contribution < -0.4 is 0 Å². The fraction of sp³-hybridized carbons (Fsp3) is 0.381. The summed E-state index contributed by atoms with van der Waals surface area (Å²) in [7, 11) is 0. The Balaban J connectivity index is 1.49. The van der Waals surface area contributed by atoms with Crippen LogP contribution in [0, 0.1) is 0 Å². The SMILES string of the molecule is CCn1ccnc1[C@@H]1CCCN(C(=O)c2cccc(Cn3cccn3)c2)C1. The molecule has 1 saturated heterocycles. The zero-order valence-corrected chi connectivity index (χ0v) is 15.7. The van der Waals surface area contributed by atoms with E-state index in [2.05, 4.69) is 21.6 Å². The fourth-order valence-electron chi connectivity index (χ4n) is 3.89. The standard InChI is InChI=1S/C21H25N5O/c1-2-24-13-10-22-20(24)19-8-4-11-25(16-19)21(27)18-7-3-6-17(14-18)15-26-12-5-9-23-26/h3,5-7,9-10,12-14,19H,2,4,8,11,15-16H2,1H3/t19-/m1/s1. The maximum Gasteiger partial charge on any atom is 0.253 e. The first-order valence-electron chi connectivity index (χ1n) is 9.61. The number of carbonyl (C=O) groups is 1. The average molecular weight is 363 g/mol. The predicted molar refractivity (Wildman–Crippen MR) is 104 cm³/mol. The van der Waals surface area contributed by atoms with Crippen LogP contribution in [0.25, 0.3) is 0 Å². The monoisotopic (exact) mass is 363 g/mol. The van der Waals surface area contributed by atoms with Gasteiger partial charge in [0.1, 0.15) is 5.82 Å². The van der Waals surface area contributed by atoms with Crippen molar-refractivity contribution in [3.63, 3.8) is 0 Å². The minimum absolute atomic E-state index is 0.108.